The fraction of sp³-hybridized carbons (Fsp3) is 0.500. The summed E-state index contributed by atoms with van der Waals surface area (Å²) in [5, 5.41) is 13.9. The van der Waals surface area contributed by atoms with Crippen LogP contribution in [0.3, 0.4) is 0 Å². The van der Waals surface area contributed by atoms with Gasteiger partial charge in [0.25, 0.3) is 0 Å². The van der Waals surface area contributed by atoms with Crippen molar-refractivity contribution < 1.29 is 5.11 Å². The van der Waals surface area contributed by atoms with Crippen molar-refractivity contribution in [3.05, 3.63) is 40.4 Å². The molecular weight excluding hydrogens is 316 g/mol. The first-order chi connectivity index (χ1) is 9.65. The van der Waals surface area contributed by atoms with Crippen LogP contribution in [0.25, 0.3) is 0 Å². The summed E-state index contributed by atoms with van der Waals surface area (Å²) in [5.74, 6) is 0.423. The summed E-state index contributed by atoms with van der Waals surface area (Å²) < 4.78 is 0.994. The van der Waals surface area contributed by atoms with Crippen LogP contribution in [0.4, 0.5) is 0 Å². The predicted molar refractivity (Wildman–Crippen MR) is 87.2 cm³/mol. The maximum atomic E-state index is 10.5. The molecular formula is C16H23BrN2O. The highest BCUT2D eigenvalue weighted by Crippen LogP contribution is 2.39. The Balaban J connectivity index is 2.34. The van der Waals surface area contributed by atoms with E-state index in [1.165, 1.54) is 0 Å². The number of phenolic OH excluding ortho intramolecular Hbond substituents is 1. The lowest BCUT2D eigenvalue weighted by Gasteiger charge is -2.36. The Hall–Kier alpha value is -0.840. The second-order valence-electron chi connectivity index (χ2n) is 5.29. The maximum absolute atomic E-state index is 10.5. The Bertz CT molecular complexity index is 470. The molecule has 0 unspecified atom stereocenters. The van der Waals surface area contributed by atoms with Crippen LogP contribution in [0.1, 0.15) is 30.0 Å². The summed E-state index contributed by atoms with van der Waals surface area (Å²) in [6, 6.07) is 4.23. The third-order valence-electron chi connectivity index (χ3n) is 3.94. The molecule has 2 rings (SSSR count). The summed E-state index contributed by atoms with van der Waals surface area (Å²) in [7, 11) is 0. The van der Waals surface area contributed by atoms with Gasteiger partial charge in [-0.25, -0.2) is 0 Å². The third kappa shape index (κ3) is 3.43. The smallest absolute Gasteiger partial charge is 0.124 e. The number of hydrogen-bond acceptors (Lipinski definition) is 3. The summed E-state index contributed by atoms with van der Waals surface area (Å²) in [6.07, 6.45) is 3.89. The zero-order valence-corrected chi connectivity index (χ0v) is 13.6. The molecule has 110 valence electrons. The first-order valence-electron chi connectivity index (χ1n) is 7.18. The Kier molecular flexibility index (Phi) is 5.64. The number of aryl methyl sites for hydroxylation is 1. The minimum absolute atomic E-state index is 0.240. The molecule has 0 spiro atoms. The number of aromatic hydroxyl groups is 1. The fourth-order valence-corrected chi connectivity index (χ4v) is 3.37. The van der Waals surface area contributed by atoms with E-state index in [1.807, 2.05) is 25.1 Å². The van der Waals surface area contributed by atoms with Gasteiger partial charge in [0.15, 0.2) is 0 Å². The van der Waals surface area contributed by atoms with E-state index in [2.05, 4.69) is 32.7 Å². The van der Waals surface area contributed by atoms with Crippen molar-refractivity contribution >= 4 is 15.9 Å². The van der Waals surface area contributed by atoms with Crippen molar-refractivity contribution in [2.45, 2.75) is 25.8 Å². The highest BCUT2D eigenvalue weighted by Gasteiger charge is 2.26. The molecule has 1 aliphatic heterocycles. The van der Waals surface area contributed by atoms with E-state index in [9.17, 15) is 5.11 Å². The quantitative estimate of drug-likeness (QED) is 0.808. The van der Waals surface area contributed by atoms with E-state index >= 15 is 0 Å². The van der Waals surface area contributed by atoms with Crippen LogP contribution >= 0.6 is 15.9 Å². The lowest BCUT2D eigenvalue weighted by atomic mass is 9.96. The van der Waals surface area contributed by atoms with Crippen LogP contribution in [0.15, 0.2) is 29.3 Å². The minimum atomic E-state index is 0.240. The van der Waals surface area contributed by atoms with Crippen molar-refractivity contribution in [1.82, 2.24) is 10.2 Å². The van der Waals surface area contributed by atoms with Gasteiger partial charge in [-0.2, -0.15) is 0 Å². The van der Waals surface area contributed by atoms with E-state index in [4.69, 9.17) is 0 Å². The fourth-order valence-electron chi connectivity index (χ4n) is 2.79. The van der Waals surface area contributed by atoms with Crippen LogP contribution in [-0.4, -0.2) is 36.2 Å². The highest BCUT2D eigenvalue weighted by molar-refractivity contribution is 9.10. The molecule has 1 atom stereocenters. The van der Waals surface area contributed by atoms with E-state index in [1.54, 1.807) is 0 Å². The second-order valence-corrected chi connectivity index (χ2v) is 6.15. The SMILES string of the molecule is C=CCC[C@H](c1c(Br)ccc(C)c1O)N1CCNCC1. The minimum Gasteiger partial charge on any atom is -0.507 e. The van der Waals surface area contributed by atoms with Gasteiger partial charge in [0.1, 0.15) is 5.75 Å². The van der Waals surface area contributed by atoms with Crippen molar-refractivity contribution in [2.24, 2.45) is 0 Å². The summed E-state index contributed by atoms with van der Waals surface area (Å²) in [4.78, 5) is 2.46. The van der Waals surface area contributed by atoms with Gasteiger partial charge in [-0.3, -0.25) is 4.90 Å². The van der Waals surface area contributed by atoms with Crippen molar-refractivity contribution in [1.29, 1.82) is 0 Å². The molecule has 0 amide bonds. The van der Waals surface area contributed by atoms with Crippen LogP contribution in [0.2, 0.25) is 0 Å². The van der Waals surface area contributed by atoms with Gasteiger partial charge in [0.05, 0.1) is 0 Å². The molecule has 0 bridgehead atoms. The Morgan fingerprint density at radius 3 is 2.80 bits per heavy atom. The molecule has 1 aliphatic rings. The van der Waals surface area contributed by atoms with E-state index in [0.717, 1.165) is 54.6 Å². The maximum Gasteiger partial charge on any atom is 0.124 e. The second kappa shape index (κ2) is 7.25. The summed E-state index contributed by atoms with van der Waals surface area (Å²) in [6.45, 7) is 9.83. The molecule has 1 heterocycles. The van der Waals surface area contributed by atoms with Crippen LogP contribution in [-0.2, 0) is 0 Å². The first-order valence-corrected chi connectivity index (χ1v) is 7.98. The number of rotatable bonds is 5. The number of hydrogen-bond donors (Lipinski definition) is 2. The molecule has 1 saturated heterocycles. The van der Waals surface area contributed by atoms with E-state index in [0.29, 0.717) is 5.75 Å². The summed E-state index contributed by atoms with van der Waals surface area (Å²) in [5.41, 5.74) is 1.95. The Morgan fingerprint density at radius 2 is 2.15 bits per heavy atom. The number of phenols is 1. The van der Waals surface area contributed by atoms with Crippen LogP contribution in [0.5, 0.6) is 5.75 Å². The average Bonchev–Trinajstić information content (AvgIpc) is 2.47. The standard InChI is InChI=1S/C16H23BrN2O/c1-3-4-5-14(19-10-8-18-9-11-19)15-13(17)7-6-12(2)16(15)20/h3,6-7,14,18,20H,1,4-5,8-11H2,2H3/t14-/m1/s1. The van der Waals surface area contributed by atoms with Crippen molar-refractivity contribution in [3.8, 4) is 5.75 Å². The normalized spacial score (nSPS) is 17.9. The molecule has 0 radical (unpaired) electrons. The highest BCUT2D eigenvalue weighted by atomic mass is 79.9. The average molecular weight is 339 g/mol. The van der Waals surface area contributed by atoms with Crippen LogP contribution < -0.4 is 5.32 Å². The number of allylic oxidation sites excluding steroid dienone is 1. The lowest BCUT2D eigenvalue weighted by molar-refractivity contribution is 0.163. The molecule has 1 aromatic carbocycles. The van der Waals surface area contributed by atoms with Gasteiger partial charge in [-0.15, -0.1) is 6.58 Å². The molecule has 1 aromatic rings. The summed E-state index contributed by atoms with van der Waals surface area (Å²) >= 11 is 3.61. The number of piperazine rings is 1. The molecule has 0 aromatic heterocycles. The third-order valence-corrected chi connectivity index (χ3v) is 4.63. The predicted octanol–water partition coefficient (Wildman–Crippen LogP) is 3.38. The number of nitrogens with zero attached hydrogens (tertiary/aromatic N) is 1. The number of halogens is 1. The van der Waals surface area contributed by atoms with E-state index < -0.39 is 0 Å². The van der Waals surface area contributed by atoms with Gasteiger partial charge in [-0.1, -0.05) is 28.1 Å². The zero-order chi connectivity index (χ0) is 14.5. The van der Waals surface area contributed by atoms with Gasteiger partial charge in [0, 0.05) is 42.3 Å². The molecule has 0 aliphatic carbocycles. The van der Waals surface area contributed by atoms with Gasteiger partial charge >= 0.3 is 0 Å². The first kappa shape index (κ1) is 15.5. The molecule has 1 fully saturated rings. The molecule has 2 N–H and O–H groups in total. The lowest BCUT2D eigenvalue weighted by Crippen LogP contribution is -2.45. The van der Waals surface area contributed by atoms with E-state index in [-0.39, 0.29) is 6.04 Å². The Labute approximate surface area is 129 Å². The zero-order valence-electron chi connectivity index (χ0n) is 12.0. The molecule has 0 saturated carbocycles. The van der Waals surface area contributed by atoms with Gasteiger partial charge in [0.2, 0.25) is 0 Å². The van der Waals surface area contributed by atoms with Crippen molar-refractivity contribution in [2.75, 3.05) is 26.2 Å². The Morgan fingerprint density at radius 1 is 1.45 bits per heavy atom. The van der Waals surface area contributed by atoms with Gasteiger partial charge in [-0.05, 0) is 31.4 Å². The van der Waals surface area contributed by atoms with Crippen molar-refractivity contribution in [3.63, 3.8) is 0 Å². The largest absolute Gasteiger partial charge is 0.507 e. The number of benzene rings is 1. The van der Waals surface area contributed by atoms with Crippen LogP contribution in [0, 0.1) is 6.92 Å². The number of nitrogens with one attached hydrogen (secondary N) is 1. The van der Waals surface area contributed by atoms with Gasteiger partial charge < -0.3 is 10.4 Å². The molecule has 4 heteroatoms. The topological polar surface area (TPSA) is 35.5 Å². The molecule has 20 heavy (non-hydrogen) atoms. The monoisotopic (exact) mass is 338 g/mol. The molecule has 3 nitrogen and oxygen atoms in total.